The summed E-state index contributed by atoms with van der Waals surface area (Å²) in [6.45, 7) is 1.96. The molecule has 1 amide bonds. The number of rotatable bonds is 4. The maximum atomic E-state index is 12.9. The van der Waals surface area contributed by atoms with Crippen LogP contribution in [0.1, 0.15) is 24.1 Å². The minimum absolute atomic E-state index is 0.155. The van der Waals surface area contributed by atoms with Crippen LogP contribution in [0.2, 0.25) is 0 Å². The fraction of sp³-hybridized carbons (Fsp3) is 0.333. The van der Waals surface area contributed by atoms with Crippen LogP contribution >= 0.6 is 0 Å². The fourth-order valence-corrected chi connectivity index (χ4v) is 3.73. The van der Waals surface area contributed by atoms with Crippen molar-refractivity contribution in [2.24, 2.45) is 11.7 Å². The van der Waals surface area contributed by atoms with E-state index in [1.165, 1.54) is 7.11 Å². The number of carbonyl (C=O) groups excluding carboxylic acids is 2. The highest BCUT2D eigenvalue weighted by atomic mass is 16.6. The van der Waals surface area contributed by atoms with Crippen molar-refractivity contribution in [2.45, 2.75) is 31.7 Å². The van der Waals surface area contributed by atoms with Gasteiger partial charge in [-0.15, -0.1) is 0 Å². The Morgan fingerprint density at radius 2 is 1.63 bits per heavy atom. The van der Waals surface area contributed by atoms with E-state index < -0.39 is 36.1 Å². The normalized spacial score (nSPS) is 24.5. The Morgan fingerprint density at radius 3 is 2.22 bits per heavy atom. The second-order valence-electron chi connectivity index (χ2n) is 6.67. The molecule has 0 aliphatic carbocycles. The number of nitrogens with zero attached hydrogens (tertiary/aromatic N) is 1. The highest BCUT2D eigenvalue weighted by Crippen LogP contribution is 2.40. The molecule has 1 saturated heterocycles. The van der Waals surface area contributed by atoms with Crippen LogP contribution in [-0.2, 0) is 20.9 Å². The minimum atomic E-state index is -0.621. The molecule has 27 heavy (non-hydrogen) atoms. The van der Waals surface area contributed by atoms with Gasteiger partial charge < -0.3 is 15.2 Å². The molecule has 0 bridgehead atoms. The Labute approximate surface area is 158 Å². The zero-order chi connectivity index (χ0) is 19.4. The molecule has 2 aromatic carbocycles. The van der Waals surface area contributed by atoms with Crippen LogP contribution in [0.3, 0.4) is 0 Å². The molecule has 1 aliphatic rings. The number of methoxy groups -OCH3 is 1. The molecule has 4 atom stereocenters. The lowest BCUT2D eigenvalue weighted by Gasteiger charge is -2.29. The van der Waals surface area contributed by atoms with E-state index in [0.29, 0.717) is 0 Å². The Hall–Kier alpha value is -2.86. The third-order valence-electron chi connectivity index (χ3n) is 5.07. The van der Waals surface area contributed by atoms with Crippen LogP contribution < -0.4 is 5.73 Å². The molecular formula is C21H24N2O4. The van der Waals surface area contributed by atoms with E-state index >= 15 is 0 Å². The third-order valence-corrected chi connectivity index (χ3v) is 5.07. The van der Waals surface area contributed by atoms with Crippen molar-refractivity contribution >= 4 is 12.1 Å². The van der Waals surface area contributed by atoms with E-state index in [1.54, 1.807) is 11.8 Å². The summed E-state index contributed by atoms with van der Waals surface area (Å²) in [5.41, 5.74) is 8.16. The number of esters is 1. The van der Waals surface area contributed by atoms with Gasteiger partial charge in [-0.25, -0.2) is 4.79 Å². The van der Waals surface area contributed by atoms with Crippen molar-refractivity contribution in [3.05, 3.63) is 71.8 Å². The largest absolute Gasteiger partial charge is 0.469 e. The molecule has 142 valence electrons. The van der Waals surface area contributed by atoms with E-state index in [1.807, 2.05) is 60.7 Å². The summed E-state index contributed by atoms with van der Waals surface area (Å²) in [5, 5.41) is 0. The van der Waals surface area contributed by atoms with Gasteiger partial charge in [0.25, 0.3) is 0 Å². The minimum Gasteiger partial charge on any atom is -0.469 e. The maximum absolute atomic E-state index is 12.9. The standard InChI is InChI=1S/C21H24N2O4/c1-14-17(20(24)26-2)18(22)19(16-11-7-4-8-12-16)23(14)21(25)27-13-15-9-5-3-6-10-15/h3-12,14,17-19H,13,22H2,1-2H3/t14-,17+,18+,19-/m0/s1. The summed E-state index contributed by atoms with van der Waals surface area (Å²) in [7, 11) is 1.33. The van der Waals surface area contributed by atoms with Crippen molar-refractivity contribution in [3.63, 3.8) is 0 Å². The fourth-order valence-electron chi connectivity index (χ4n) is 3.73. The molecule has 1 aliphatic heterocycles. The number of benzene rings is 2. The van der Waals surface area contributed by atoms with Crippen molar-refractivity contribution in [3.8, 4) is 0 Å². The highest BCUT2D eigenvalue weighted by Gasteiger charge is 2.52. The van der Waals surface area contributed by atoms with Gasteiger partial charge in [0.1, 0.15) is 6.61 Å². The molecule has 3 rings (SSSR count). The molecule has 2 N–H and O–H groups in total. The van der Waals surface area contributed by atoms with Crippen molar-refractivity contribution in [2.75, 3.05) is 7.11 Å². The molecule has 0 spiro atoms. The molecule has 1 heterocycles. The zero-order valence-corrected chi connectivity index (χ0v) is 15.4. The molecule has 2 aromatic rings. The summed E-state index contributed by atoms with van der Waals surface area (Å²) in [6, 6.07) is 17.4. The molecule has 6 heteroatoms. The van der Waals surface area contributed by atoms with Gasteiger partial charge in [-0.3, -0.25) is 9.69 Å². The van der Waals surface area contributed by atoms with Crippen LogP contribution in [-0.4, -0.2) is 36.2 Å². The van der Waals surface area contributed by atoms with Gasteiger partial charge in [-0.1, -0.05) is 60.7 Å². The van der Waals surface area contributed by atoms with Gasteiger partial charge >= 0.3 is 12.1 Å². The van der Waals surface area contributed by atoms with Gasteiger partial charge in [0, 0.05) is 12.1 Å². The van der Waals surface area contributed by atoms with E-state index in [-0.39, 0.29) is 6.61 Å². The van der Waals surface area contributed by atoms with Crippen LogP contribution in [0.4, 0.5) is 4.79 Å². The number of amides is 1. The Bertz CT molecular complexity index is 781. The molecule has 6 nitrogen and oxygen atoms in total. The first-order chi connectivity index (χ1) is 13.0. The summed E-state index contributed by atoms with van der Waals surface area (Å²) in [6.07, 6.45) is -0.498. The topological polar surface area (TPSA) is 81.9 Å². The average Bonchev–Trinajstić information content (AvgIpc) is 2.97. The van der Waals surface area contributed by atoms with E-state index in [9.17, 15) is 9.59 Å². The van der Waals surface area contributed by atoms with Crippen LogP contribution in [0.5, 0.6) is 0 Å². The summed E-state index contributed by atoms with van der Waals surface area (Å²) < 4.78 is 10.4. The van der Waals surface area contributed by atoms with E-state index in [0.717, 1.165) is 11.1 Å². The smallest absolute Gasteiger partial charge is 0.410 e. The second-order valence-corrected chi connectivity index (χ2v) is 6.67. The van der Waals surface area contributed by atoms with Crippen molar-refractivity contribution < 1.29 is 19.1 Å². The van der Waals surface area contributed by atoms with Gasteiger partial charge in [0.15, 0.2) is 0 Å². The van der Waals surface area contributed by atoms with Gasteiger partial charge in [0.05, 0.1) is 19.1 Å². The Kier molecular flexibility index (Phi) is 5.76. The lowest BCUT2D eigenvalue weighted by Crippen LogP contribution is -2.39. The van der Waals surface area contributed by atoms with Gasteiger partial charge in [-0.2, -0.15) is 0 Å². The number of nitrogens with two attached hydrogens (primary N) is 1. The Morgan fingerprint density at radius 1 is 1.04 bits per heavy atom. The molecule has 1 fully saturated rings. The lowest BCUT2D eigenvalue weighted by molar-refractivity contribution is -0.146. The lowest BCUT2D eigenvalue weighted by atomic mass is 9.92. The number of likely N-dealkylation sites (tertiary alicyclic amines) is 1. The van der Waals surface area contributed by atoms with Gasteiger partial charge in [0.2, 0.25) is 0 Å². The monoisotopic (exact) mass is 368 g/mol. The van der Waals surface area contributed by atoms with Crippen LogP contribution in [0, 0.1) is 5.92 Å². The summed E-state index contributed by atoms with van der Waals surface area (Å²) in [5.74, 6) is -1.04. The number of hydrogen-bond donors (Lipinski definition) is 1. The number of carbonyl (C=O) groups is 2. The zero-order valence-electron chi connectivity index (χ0n) is 15.4. The summed E-state index contributed by atoms with van der Waals surface area (Å²) in [4.78, 5) is 26.7. The first kappa shape index (κ1) is 18.9. The molecule has 0 saturated carbocycles. The molecule has 0 unspecified atom stereocenters. The van der Waals surface area contributed by atoms with Crippen LogP contribution in [0.15, 0.2) is 60.7 Å². The van der Waals surface area contributed by atoms with E-state index in [2.05, 4.69) is 0 Å². The third kappa shape index (κ3) is 3.80. The summed E-state index contributed by atoms with van der Waals surface area (Å²) >= 11 is 0. The molecule has 0 radical (unpaired) electrons. The molecule has 0 aromatic heterocycles. The van der Waals surface area contributed by atoms with Crippen molar-refractivity contribution in [1.29, 1.82) is 0 Å². The van der Waals surface area contributed by atoms with Crippen LogP contribution in [0.25, 0.3) is 0 Å². The molecular weight excluding hydrogens is 344 g/mol. The predicted octanol–water partition coefficient (Wildman–Crippen LogP) is 2.89. The highest BCUT2D eigenvalue weighted by molar-refractivity contribution is 5.78. The second kappa shape index (κ2) is 8.22. The van der Waals surface area contributed by atoms with E-state index in [4.69, 9.17) is 15.2 Å². The quantitative estimate of drug-likeness (QED) is 0.839. The number of hydrogen-bond acceptors (Lipinski definition) is 5. The van der Waals surface area contributed by atoms with Gasteiger partial charge in [-0.05, 0) is 18.1 Å². The average molecular weight is 368 g/mol. The predicted molar refractivity (Wildman–Crippen MR) is 101 cm³/mol. The SMILES string of the molecule is COC(=O)[C@H]1[C@@H](N)[C@H](c2ccccc2)N(C(=O)OCc2ccccc2)[C@H]1C. The first-order valence-corrected chi connectivity index (χ1v) is 8.92. The maximum Gasteiger partial charge on any atom is 0.410 e. The number of ether oxygens (including phenoxy) is 2. The first-order valence-electron chi connectivity index (χ1n) is 8.92. The van der Waals surface area contributed by atoms with Crippen molar-refractivity contribution in [1.82, 2.24) is 4.90 Å². The Balaban J connectivity index is 1.86.